The van der Waals surface area contributed by atoms with Gasteiger partial charge in [0.25, 0.3) is 0 Å². The van der Waals surface area contributed by atoms with E-state index in [9.17, 15) is 9.59 Å². The Hall–Kier alpha value is -1.53. The van der Waals surface area contributed by atoms with Gasteiger partial charge in [-0.25, -0.2) is 0 Å². The Labute approximate surface area is 147 Å². The third-order valence-corrected chi connectivity index (χ3v) is 5.55. The average Bonchev–Trinajstić information content (AvgIpc) is 2.57. The van der Waals surface area contributed by atoms with Gasteiger partial charge in [0, 0.05) is 44.2 Å². The van der Waals surface area contributed by atoms with Gasteiger partial charge >= 0.3 is 0 Å². The topological polar surface area (TPSA) is 52.7 Å². The molecule has 1 aromatic carbocycles. The van der Waals surface area contributed by atoms with E-state index < -0.39 is 0 Å². The van der Waals surface area contributed by atoms with Crippen LogP contribution in [0, 0.1) is 12.8 Å². The molecule has 1 N–H and O–H groups in total. The Bertz CT molecular complexity index is 578. The minimum atomic E-state index is 0.0239. The maximum Gasteiger partial charge on any atom is 0.234 e. The molecule has 6 heteroatoms. The number of rotatable bonds is 5. The molecule has 0 radical (unpaired) electrons. The summed E-state index contributed by atoms with van der Waals surface area (Å²) in [7, 11) is 0. The zero-order chi connectivity index (χ0) is 16.9. The average molecular weight is 347 g/mol. The molecule has 2 fully saturated rings. The van der Waals surface area contributed by atoms with E-state index in [2.05, 4.69) is 5.32 Å². The summed E-state index contributed by atoms with van der Waals surface area (Å²) in [5, 5.41) is 2.95. The standard InChI is InChI=1S/C18H25N3O2S/c1-14-2-4-15(5-3-14)10-19-17(22)13-20-11-16(12-20)18(23)21-6-8-24-9-7-21/h2-5,16H,6-13H2,1H3,(H,19,22). The molecular formula is C18H25N3O2S. The molecule has 2 aliphatic rings. The fourth-order valence-corrected chi connectivity index (χ4v) is 3.97. The number of nitrogens with one attached hydrogen (secondary N) is 1. The van der Waals surface area contributed by atoms with Crippen LogP contribution in [0.25, 0.3) is 0 Å². The molecule has 2 saturated heterocycles. The molecule has 1 aromatic rings. The van der Waals surface area contributed by atoms with E-state index in [-0.39, 0.29) is 17.7 Å². The lowest BCUT2D eigenvalue weighted by molar-refractivity contribution is -0.142. The van der Waals surface area contributed by atoms with Crippen LogP contribution in [-0.4, -0.2) is 65.8 Å². The van der Waals surface area contributed by atoms with Crippen LogP contribution in [-0.2, 0) is 16.1 Å². The van der Waals surface area contributed by atoms with Crippen molar-refractivity contribution in [2.45, 2.75) is 13.5 Å². The first kappa shape index (κ1) is 17.3. The first-order valence-electron chi connectivity index (χ1n) is 8.53. The van der Waals surface area contributed by atoms with Crippen molar-refractivity contribution in [2.24, 2.45) is 5.92 Å². The van der Waals surface area contributed by atoms with Crippen LogP contribution in [0.2, 0.25) is 0 Å². The molecular weight excluding hydrogens is 322 g/mol. The molecule has 130 valence electrons. The number of benzene rings is 1. The number of likely N-dealkylation sites (tertiary alicyclic amines) is 1. The van der Waals surface area contributed by atoms with Crippen LogP contribution in [0.4, 0.5) is 0 Å². The molecule has 0 spiro atoms. The van der Waals surface area contributed by atoms with Gasteiger partial charge in [0.1, 0.15) is 0 Å². The van der Waals surface area contributed by atoms with Gasteiger partial charge in [0.2, 0.25) is 11.8 Å². The predicted molar refractivity (Wildman–Crippen MR) is 96.9 cm³/mol. The summed E-state index contributed by atoms with van der Waals surface area (Å²) in [6, 6.07) is 8.16. The Kier molecular flexibility index (Phi) is 5.79. The lowest BCUT2D eigenvalue weighted by atomic mass is 9.98. The fourth-order valence-electron chi connectivity index (χ4n) is 3.06. The van der Waals surface area contributed by atoms with Crippen LogP contribution in [0.1, 0.15) is 11.1 Å². The zero-order valence-corrected chi connectivity index (χ0v) is 15.0. The van der Waals surface area contributed by atoms with Gasteiger partial charge in [0.15, 0.2) is 0 Å². The first-order chi connectivity index (χ1) is 11.6. The van der Waals surface area contributed by atoms with Crippen molar-refractivity contribution in [1.82, 2.24) is 15.1 Å². The van der Waals surface area contributed by atoms with Crippen LogP contribution < -0.4 is 5.32 Å². The number of thioether (sulfide) groups is 1. The Morgan fingerprint density at radius 2 is 1.83 bits per heavy atom. The molecule has 0 aliphatic carbocycles. The summed E-state index contributed by atoms with van der Waals surface area (Å²) in [6.45, 7) is 6.15. The Morgan fingerprint density at radius 1 is 1.17 bits per heavy atom. The van der Waals surface area contributed by atoms with Crippen LogP contribution in [0.15, 0.2) is 24.3 Å². The van der Waals surface area contributed by atoms with Crippen molar-refractivity contribution >= 4 is 23.6 Å². The number of hydrogen-bond donors (Lipinski definition) is 1. The number of amides is 2. The van der Waals surface area contributed by atoms with Crippen LogP contribution >= 0.6 is 11.8 Å². The summed E-state index contributed by atoms with van der Waals surface area (Å²) < 4.78 is 0. The number of carbonyl (C=O) groups is 2. The van der Waals surface area contributed by atoms with Gasteiger partial charge in [0.05, 0.1) is 12.5 Å². The van der Waals surface area contributed by atoms with Crippen LogP contribution in [0.3, 0.4) is 0 Å². The molecule has 0 unspecified atom stereocenters. The smallest absolute Gasteiger partial charge is 0.234 e. The highest BCUT2D eigenvalue weighted by Gasteiger charge is 2.36. The van der Waals surface area contributed by atoms with E-state index in [0.29, 0.717) is 26.2 Å². The normalized spacial score (nSPS) is 19.0. The number of carbonyl (C=O) groups excluding carboxylic acids is 2. The zero-order valence-electron chi connectivity index (χ0n) is 14.2. The first-order valence-corrected chi connectivity index (χ1v) is 9.68. The molecule has 0 saturated carbocycles. The summed E-state index contributed by atoms with van der Waals surface area (Å²) in [5.74, 6) is 2.47. The minimum absolute atomic E-state index is 0.0239. The summed E-state index contributed by atoms with van der Waals surface area (Å²) in [5.41, 5.74) is 2.32. The number of aryl methyl sites for hydroxylation is 1. The highest BCUT2D eigenvalue weighted by atomic mass is 32.2. The second kappa shape index (κ2) is 8.03. The van der Waals surface area contributed by atoms with Gasteiger partial charge in [-0.1, -0.05) is 29.8 Å². The van der Waals surface area contributed by atoms with E-state index in [1.165, 1.54) is 5.56 Å². The molecule has 0 atom stereocenters. The maximum atomic E-state index is 12.3. The Balaban J connectivity index is 1.35. The van der Waals surface area contributed by atoms with Gasteiger partial charge in [-0.2, -0.15) is 11.8 Å². The molecule has 0 bridgehead atoms. The monoisotopic (exact) mass is 347 g/mol. The lowest BCUT2D eigenvalue weighted by Crippen LogP contribution is -2.57. The third-order valence-electron chi connectivity index (χ3n) is 4.61. The second-order valence-electron chi connectivity index (χ2n) is 6.59. The molecule has 2 aliphatic heterocycles. The minimum Gasteiger partial charge on any atom is -0.351 e. The van der Waals surface area contributed by atoms with Gasteiger partial charge in [-0.05, 0) is 12.5 Å². The maximum absolute atomic E-state index is 12.3. The quantitative estimate of drug-likeness (QED) is 0.867. The highest BCUT2D eigenvalue weighted by Crippen LogP contribution is 2.20. The molecule has 24 heavy (non-hydrogen) atoms. The van der Waals surface area contributed by atoms with Gasteiger partial charge < -0.3 is 10.2 Å². The van der Waals surface area contributed by atoms with E-state index >= 15 is 0 Å². The lowest BCUT2D eigenvalue weighted by Gasteiger charge is -2.41. The Morgan fingerprint density at radius 3 is 2.50 bits per heavy atom. The SMILES string of the molecule is Cc1ccc(CNC(=O)CN2CC(C(=O)N3CCSCC3)C2)cc1. The van der Waals surface area contributed by atoms with Gasteiger partial charge in [-0.3, -0.25) is 14.5 Å². The van der Waals surface area contributed by atoms with E-state index in [4.69, 9.17) is 0 Å². The molecule has 5 nitrogen and oxygen atoms in total. The van der Waals surface area contributed by atoms with E-state index in [0.717, 1.165) is 30.2 Å². The van der Waals surface area contributed by atoms with Crippen molar-refractivity contribution in [3.8, 4) is 0 Å². The van der Waals surface area contributed by atoms with E-state index in [1.54, 1.807) is 0 Å². The molecule has 3 rings (SSSR count). The summed E-state index contributed by atoms with van der Waals surface area (Å²) in [6.07, 6.45) is 0. The second-order valence-corrected chi connectivity index (χ2v) is 7.82. The number of nitrogens with zero attached hydrogens (tertiary/aromatic N) is 2. The van der Waals surface area contributed by atoms with Crippen molar-refractivity contribution in [1.29, 1.82) is 0 Å². The summed E-state index contributed by atoms with van der Waals surface area (Å²) >= 11 is 1.91. The molecule has 2 amide bonds. The largest absolute Gasteiger partial charge is 0.351 e. The van der Waals surface area contributed by atoms with Gasteiger partial charge in [-0.15, -0.1) is 0 Å². The predicted octanol–water partition coefficient (Wildman–Crippen LogP) is 1.12. The highest BCUT2D eigenvalue weighted by molar-refractivity contribution is 7.99. The number of hydrogen-bond acceptors (Lipinski definition) is 4. The van der Waals surface area contributed by atoms with Crippen molar-refractivity contribution in [3.05, 3.63) is 35.4 Å². The fraction of sp³-hybridized carbons (Fsp3) is 0.556. The van der Waals surface area contributed by atoms with E-state index in [1.807, 2.05) is 52.8 Å². The van der Waals surface area contributed by atoms with Crippen LogP contribution in [0.5, 0.6) is 0 Å². The molecule has 2 heterocycles. The third kappa shape index (κ3) is 4.51. The van der Waals surface area contributed by atoms with Crippen molar-refractivity contribution in [2.75, 3.05) is 44.2 Å². The summed E-state index contributed by atoms with van der Waals surface area (Å²) in [4.78, 5) is 28.4. The molecule has 0 aromatic heterocycles. The van der Waals surface area contributed by atoms with Crippen molar-refractivity contribution in [3.63, 3.8) is 0 Å². The van der Waals surface area contributed by atoms with Crippen molar-refractivity contribution < 1.29 is 9.59 Å².